The van der Waals surface area contributed by atoms with E-state index in [1.807, 2.05) is 26.1 Å². The average Bonchev–Trinajstić information content (AvgIpc) is 2.87. The van der Waals surface area contributed by atoms with Gasteiger partial charge in [-0.15, -0.1) is 0 Å². The van der Waals surface area contributed by atoms with E-state index in [0.717, 1.165) is 30.6 Å². The van der Waals surface area contributed by atoms with Gasteiger partial charge in [-0.2, -0.15) is 0 Å². The van der Waals surface area contributed by atoms with Crippen molar-refractivity contribution < 1.29 is 5.11 Å². The fraction of sp³-hybridized carbons (Fsp3) is 0.462. The van der Waals surface area contributed by atoms with Gasteiger partial charge >= 0.3 is 0 Å². The Morgan fingerprint density at radius 3 is 2.88 bits per heavy atom. The number of hydrogen-bond acceptors (Lipinski definition) is 2. The molecule has 1 saturated carbocycles. The second-order valence-corrected chi connectivity index (χ2v) is 4.90. The highest BCUT2D eigenvalue weighted by atomic mass is 16.3. The molecule has 0 aliphatic heterocycles. The first-order valence-corrected chi connectivity index (χ1v) is 5.72. The molecule has 1 heterocycles. The van der Waals surface area contributed by atoms with Gasteiger partial charge in [0.15, 0.2) is 0 Å². The summed E-state index contributed by atoms with van der Waals surface area (Å²) in [5.74, 6) is 1.02. The summed E-state index contributed by atoms with van der Waals surface area (Å²) in [4.78, 5) is 4.51. The SMILES string of the molecule is Cc1nc2cccc(CC3(O)CC3)c2n1C. The molecule has 0 saturated heterocycles. The van der Waals surface area contributed by atoms with E-state index in [1.54, 1.807) is 0 Å². The summed E-state index contributed by atoms with van der Waals surface area (Å²) in [6.07, 6.45) is 2.61. The summed E-state index contributed by atoms with van der Waals surface area (Å²) >= 11 is 0. The minimum absolute atomic E-state index is 0.438. The first kappa shape index (κ1) is 9.85. The normalized spacial score (nSPS) is 17.9. The molecular weight excluding hydrogens is 200 g/mol. The molecule has 0 spiro atoms. The lowest BCUT2D eigenvalue weighted by Gasteiger charge is -2.09. The van der Waals surface area contributed by atoms with Crippen LogP contribution < -0.4 is 0 Å². The van der Waals surface area contributed by atoms with E-state index in [-0.39, 0.29) is 0 Å². The molecule has 1 aromatic carbocycles. The molecule has 1 fully saturated rings. The second kappa shape index (κ2) is 3.08. The maximum absolute atomic E-state index is 10.0. The number of aryl methyl sites for hydroxylation is 2. The van der Waals surface area contributed by atoms with Gasteiger partial charge < -0.3 is 9.67 Å². The summed E-state index contributed by atoms with van der Waals surface area (Å²) in [6.45, 7) is 2.01. The van der Waals surface area contributed by atoms with Crippen molar-refractivity contribution in [2.75, 3.05) is 0 Å². The van der Waals surface area contributed by atoms with Gasteiger partial charge in [-0.1, -0.05) is 12.1 Å². The molecule has 3 heteroatoms. The standard InChI is InChI=1S/C13H16N2O/c1-9-14-11-5-3-4-10(12(11)15(9)2)8-13(16)6-7-13/h3-5,16H,6-8H2,1-2H3. The van der Waals surface area contributed by atoms with Crippen LogP contribution in [0.5, 0.6) is 0 Å². The van der Waals surface area contributed by atoms with E-state index < -0.39 is 5.60 Å². The van der Waals surface area contributed by atoms with Crippen LogP contribution in [-0.2, 0) is 13.5 Å². The molecular formula is C13H16N2O. The highest BCUT2D eigenvalue weighted by Crippen LogP contribution is 2.39. The largest absolute Gasteiger partial charge is 0.390 e. The summed E-state index contributed by atoms with van der Waals surface area (Å²) in [5, 5.41) is 10.0. The molecule has 1 aliphatic rings. The van der Waals surface area contributed by atoms with Crippen molar-refractivity contribution in [2.24, 2.45) is 7.05 Å². The van der Waals surface area contributed by atoms with E-state index in [4.69, 9.17) is 0 Å². The quantitative estimate of drug-likeness (QED) is 0.833. The Bertz CT molecular complexity index is 552. The molecule has 3 rings (SSSR count). The molecule has 1 aliphatic carbocycles. The summed E-state index contributed by atoms with van der Waals surface area (Å²) in [7, 11) is 2.03. The number of benzene rings is 1. The van der Waals surface area contributed by atoms with Crippen LogP contribution in [0.25, 0.3) is 11.0 Å². The Balaban J connectivity index is 2.16. The van der Waals surface area contributed by atoms with Crippen molar-refractivity contribution >= 4 is 11.0 Å². The van der Waals surface area contributed by atoms with Crippen molar-refractivity contribution in [1.29, 1.82) is 0 Å². The van der Waals surface area contributed by atoms with Crippen LogP contribution in [0.1, 0.15) is 24.2 Å². The van der Waals surface area contributed by atoms with Gasteiger partial charge in [0.25, 0.3) is 0 Å². The fourth-order valence-corrected chi connectivity index (χ4v) is 2.28. The van der Waals surface area contributed by atoms with Crippen molar-refractivity contribution in [3.63, 3.8) is 0 Å². The Kier molecular flexibility index (Phi) is 1.89. The topological polar surface area (TPSA) is 38.1 Å². The highest BCUT2D eigenvalue weighted by Gasteiger charge is 2.40. The Hall–Kier alpha value is -1.35. The first-order valence-electron chi connectivity index (χ1n) is 5.72. The molecule has 0 bridgehead atoms. The fourth-order valence-electron chi connectivity index (χ4n) is 2.28. The molecule has 0 atom stereocenters. The Morgan fingerprint density at radius 2 is 2.19 bits per heavy atom. The van der Waals surface area contributed by atoms with E-state index in [0.29, 0.717) is 0 Å². The maximum Gasteiger partial charge on any atom is 0.106 e. The van der Waals surface area contributed by atoms with E-state index >= 15 is 0 Å². The van der Waals surface area contributed by atoms with Gasteiger partial charge in [0, 0.05) is 13.5 Å². The lowest BCUT2D eigenvalue weighted by atomic mass is 10.0. The highest BCUT2D eigenvalue weighted by molar-refractivity contribution is 5.79. The van der Waals surface area contributed by atoms with Gasteiger partial charge in [0.2, 0.25) is 0 Å². The second-order valence-electron chi connectivity index (χ2n) is 4.90. The summed E-state index contributed by atoms with van der Waals surface area (Å²) in [5.41, 5.74) is 2.97. The third-order valence-corrected chi connectivity index (χ3v) is 3.55. The predicted molar refractivity (Wildman–Crippen MR) is 63.3 cm³/mol. The molecule has 3 nitrogen and oxygen atoms in total. The Labute approximate surface area is 94.7 Å². The van der Waals surface area contributed by atoms with Crippen LogP contribution in [0.2, 0.25) is 0 Å². The number of nitrogens with zero attached hydrogens (tertiary/aromatic N) is 2. The van der Waals surface area contributed by atoms with E-state index in [2.05, 4.69) is 15.6 Å². The lowest BCUT2D eigenvalue weighted by molar-refractivity contribution is 0.151. The molecule has 0 radical (unpaired) electrons. The third-order valence-electron chi connectivity index (χ3n) is 3.55. The molecule has 1 N–H and O–H groups in total. The van der Waals surface area contributed by atoms with Crippen molar-refractivity contribution in [3.8, 4) is 0 Å². The lowest BCUT2D eigenvalue weighted by Crippen LogP contribution is -2.11. The number of fused-ring (bicyclic) bond motifs is 1. The molecule has 16 heavy (non-hydrogen) atoms. The van der Waals surface area contributed by atoms with Gasteiger partial charge in [0.1, 0.15) is 5.82 Å². The van der Waals surface area contributed by atoms with Gasteiger partial charge in [-0.3, -0.25) is 0 Å². The van der Waals surface area contributed by atoms with Gasteiger partial charge in [-0.05, 0) is 31.4 Å². The molecule has 0 unspecified atom stereocenters. The number of aliphatic hydroxyl groups is 1. The number of para-hydroxylation sites is 1. The predicted octanol–water partition coefficient (Wildman–Crippen LogP) is 1.95. The molecule has 84 valence electrons. The van der Waals surface area contributed by atoms with Crippen molar-refractivity contribution in [3.05, 3.63) is 29.6 Å². The number of imidazole rings is 1. The van der Waals surface area contributed by atoms with Crippen LogP contribution in [0.3, 0.4) is 0 Å². The zero-order valence-corrected chi connectivity index (χ0v) is 9.70. The average molecular weight is 216 g/mol. The zero-order chi connectivity index (χ0) is 11.3. The van der Waals surface area contributed by atoms with Crippen molar-refractivity contribution in [2.45, 2.75) is 31.8 Å². The Morgan fingerprint density at radius 1 is 1.44 bits per heavy atom. The summed E-state index contributed by atoms with van der Waals surface area (Å²) in [6, 6.07) is 6.15. The molecule has 0 amide bonds. The zero-order valence-electron chi connectivity index (χ0n) is 9.70. The van der Waals surface area contributed by atoms with Crippen LogP contribution in [0, 0.1) is 6.92 Å². The first-order chi connectivity index (χ1) is 7.59. The van der Waals surface area contributed by atoms with Crippen LogP contribution in [-0.4, -0.2) is 20.3 Å². The van der Waals surface area contributed by atoms with Crippen LogP contribution in [0.15, 0.2) is 18.2 Å². The number of aromatic nitrogens is 2. The van der Waals surface area contributed by atoms with Crippen LogP contribution >= 0.6 is 0 Å². The summed E-state index contributed by atoms with van der Waals surface area (Å²) < 4.78 is 2.11. The molecule has 1 aromatic heterocycles. The number of rotatable bonds is 2. The van der Waals surface area contributed by atoms with Gasteiger partial charge in [0.05, 0.1) is 16.6 Å². The van der Waals surface area contributed by atoms with Crippen molar-refractivity contribution in [1.82, 2.24) is 9.55 Å². The van der Waals surface area contributed by atoms with Gasteiger partial charge in [-0.25, -0.2) is 4.98 Å². The number of hydrogen-bond donors (Lipinski definition) is 1. The van der Waals surface area contributed by atoms with E-state index in [9.17, 15) is 5.11 Å². The minimum Gasteiger partial charge on any atom is -0.390 e. The molecule has 2 aromatic rings. The monoisotopic (exact) mass is 216 g/mol. The van der Waals surface area contributed by atoms with Crippen LogP contribution in [0.4, 0.5) is 0 Å². The maximum atomic E-state index is 10.0. The minimum atomic E-state index is -0.438. The van der Waals surface area contributed by atoms with E-state index in [1.165, 1.54) is 11.1 Å². The smallest absolute Gasteiger partial charge is 0.106 e. The third kappa shape index (κ3) is 1.43.